The third-order valence-electron chi connectivity index (χ3n) is 5.18. The largest absolute Gasteiger partial charge is 0.570 e. The molecule has 3 aliphatic rings. The fraction of sp³-hybridized carbons (Fsp3) is 0.412. The highest BCUT2D eigenvalue weighted by molar-refractivity contribution is 8.00. The first kappa shape index (κ1) is 21.0. The van der Waals surface area contributed by atoms with Gasteiger partial charge in [-0.1, -0.05) is 11.8 Å². The van der Waals surface area contributed by atoms with Gasteiger partial charge in [-0.15, -0.1) is 4.52 Å². The van der Waals surface area contributed by atoms with Crippen molar-refractivity contribution in [2.24, 2.45) is 0 Å². The van der Waals surface area contributed by atoms with Crippen molar-refractivity contribution in [2.75, 3.05) is 29.7 Å². The molecular formula is C17H20FN5O6PS+. The van der Waals surface area contributed by atoms with Crippen molar-refractivity contribution in [3.05, 3.63) is 36.4 Å². The molecule has 2 saturated heterocycles. The predicted octanol–water partition coefficient (Wildman–Crippen LogP) is 1.32. The lowest BCUT2D eigenvalue weighted by Gasteiger charge is -2.33. The van der Waals surface area contributed by atoms with Crippen molar-refractivity contribution in [2.45, 2.75) is 34.9 Å². The molecule has 2 fully saturated rings. The monoisotopic (exact) mass is 472 g/mol. The molecule has 3 aliphatic heterocycles. The number of ether oxygens (including phenoxy) is 2. The maximum atomic E-state index is 13.3. The van der Waals surface area contributed by atoms with Crippen LogP contribution in [0.4, 0.5) is 21.7 Å². The van der Waals surface area contributed by atoms with E-state index in [0.29, 0.717) is 11.5 Å². The summed E-state index contributed by atoms with van der Waals surface area (Å²) in [6.07, 6.45) is -1.40. The van der Waals surface area contributed by atoms with E-state index in [1.54, 1.807) is 12.1 Å². The van der Waals surface area contributed by atoms with Crippen LogP contribution in [-0.2, 0) is 18.5 Å². The summed E-state index contributed by atoms with van der Waals surface area (Å²) in [6.45, 7) is -0.0579. The van der Waals surface area contributed by atoms with Gasteiger partial charge in [0.25, 0.3) is 0 Å². The SMILES string of the molecule is CO[C@@H]1[C@H](N2c3ncnc(N)c3NC2Sc2ccc(F)cc2)OC2CO[P+](O)(O)O[C@@H]21. The maximum Gasteiger partial charge on any atom is 0.570 e. The minimum Gasteiger partial charge on any atom is -0.382 e. The molecule has 0 radical (unpaired) electrons. The smallest absolute Gasteiger partial charge is 0.382 e. The molecular weight excluding hydrogens is 452 g/mol. The van der Waals surface area contributed by atoms with Crippen molar-refractivity contribution in [3.63, 3.8) is 0 Å². The van der Waals surface area contributed by atoms with E-state index < -0.39 is 38.2 Å². The topological polar surface area (TPSA) is 144 Å². The Morgan fingerprint density at radius 1 is 1.32 bits per heavy atom. The number of hydrogen-bond acceptors (Lipinski definition) is 12. The van der Waals surface area contributed by atoms with E-state index in [4.69, 9.17) is 24.3 Å². The van der Waals surface area contributed by atoms with Crippen LogP contribution in [0.2, 0.25) is 0 Å². The number of fused-ring (bicyclic) bond motifs is 2. The Bertz CT molecular complexity index is 975. The van der Waals surface area contributed by atoms with Crippen molar-refractivity contribution in [3.8, 4) is 0 Å². The summed E-state index contributed by atoms with van der Waals surface area (Å²) in [7, 11) is -2.46. The standard InChI is InChI=1S/C17H20FN5O6PS/c1-26-13-12-10(6-27-30(24,25)29-12)28-16(13)23-15-11(14(19)20-7-21-15)22-17(23)31-9-4-2-8(18)3-5-9/h2-5,7,10,12-13,16-17,22,24-25H,6H2,1H3,(H2,19,20,21)/q+1/t10?,12-,13-,16+,17?/m0/s1. The molecule has 166 valence electrons. The van der Waals surface area contributed by atoms with Crippen LogP contribution in [0.3, 0.4) is 0 Å². The number of nitrogen functional groups attached to an aromatic ring is 1. The maximum absolute atomic E-state index is 13.3. The number of thioether (sulfide) groups is 1. The van der Waals surface area contributed by atoms with E-state index in [2.05, 4.69) is 15.3 Å². The number of halogens is 1. The number of rotatable bonds is 4. The van der Waals surface area contributed by atoms with Gasteiger partial charge in [0.1, 0.15) is 36.6 Å². The fourth-order valence-corrected chi connectivity index (χ4v) is 5.85. The first-order valence-electron chi connectivity index (χ1n) is 9.29. The van der Waals surface area contributed by atoms with Gasteiger partial charge in [-0.3, -0.25) is 4.90 Å². The molecule has 31 heavy (non-hydrogen) atoms. The van der Waals surface area contributed by atoms with Gasteiger partial charge in [0.05, 0.1) is 0 Å². The van der Waals surface area contributed by atoms with Crippen molar-refractivity contribution in [1.82, 2.24) is 9.97 Å². The second kappa shape index (κ2) is 7.94. The summed E-state index contributed by atoms with van der Waals surface area (Å²) in [6, 6.07) is 6.07. The molecule has 0 spiro atoms. The molecule has 2 unspecified atom stereocenters. The second-order valence-electron chi connectivity index (χ2n) is 7.06. The molecule has 0 bridgehead atoms. The van der Waals surface area contributed by atoms with Crippen molar-refractivity contribution >= 4 is 37.3 Å². The molecule has 0 saturated carbocycles. The van der Waals surface area contributed by atoms with E-state index >= 15 is 0 Å². The number of hydrogen-bond donors (Lipinski definition) is 4. The van der Waals surface area contributed by atoms with Crippen LogP contribution in [-0.4, -0.2) is 63.5 Å². The van der Waals surface area contributed by atoms with Gasteiger partial charge in [0.15, 0.2) is 29.5 Å². The van der Waals surface area contributed by atoms with Gasteiger partial charge in [-0.25, -0.2) is 14.4 Å². The normalized spacial score (nSPS) is 31.2. The Morgan fingerprint density at radius 2 is 2.10 bits per heavy atom. The lowest BCUT2D eigenvalue weighted by atomic mass is 10.1. The molecule has 4 heterocycles. The summed E-state index contributed by atoms with van der Waals surface area (Å²) < 4.78 is 35.5. The molecule has 0 amide bonds. The van der Waals surface area contributed by atoms with Gasteiger partial charge < -0.3 is 20.5 Å². The number of nitrogens with one attached hydrogen (secondary N) is 1. The number of aromatic nitrogens is 2. The van der Waals surface area contributed by atoms with E-state index in [-0.39, 0.29) is 18.2 Å². The molecule has 5 N–H and O–H groups in total. The van der Waals surface area contributed by atoms with Gasteiger partial charge in [-0.2, -0.15) is 14.3 Å². The van der Waals surface area contributed by atoms with Gasteiger partial charge in [0, 0.05) is 12.0 Å². The molecule has 5 rings (SSSR count). The molecule has 1 aromatic carbocycles. The van der Waals surface area contributed by atoms with E-state index in [1.165, 1.54) is 37.3 Å². The zero-order valence-corrected chi connectivity index (χ0v) is 17.9. The lowest BCUT2D eigenvalue weighted by molar-refractivity contribution is -0.0681. The van der Waals surface area contributed by atoms with Crippen molar-refractivity contribution < 1.29 is 32.7 Å². The second-order valence-corrected chi connectivity index (χ2v) is 9.66. The molecule has 11 nitrogen and oxygen atoms in total. The first-order valence-corrected chi connectivity index (χ1v) is 11.7. The van der Waals surface area contributed by atoms with E-state index in [9.17, 15) is 14.2 Å². The highest BCUT2D eigenvalue weighted by Crippen LogP contribution is 2.59. The summed E-state index contributed by atoms with van der Waals surface area (Å²) in [5.74, 6) is 0.420. The number of methoxy groups -OCH3 is 1. The van der Waals surface area contributed by atoms with Crippen LogP contribution in [0.25, 0.3) is 0 Å². The first-order chi connectivity index (χ1) is 14.9. The van der Waals surface area contributed by atoms with Gasteiger partial charge in [0.2, 0.25) is 0 Å². The third-order valence-corrected chi connectivity index (χ3v) is 7.30. The number of nitrogens with zero attached hydrogens (tertiary/aromatic N) is 3. The highest BCUT2D eigenvalue weighted by Gasteiger charge is 2.62. The van der Waals surface area contributed by atoms with Crippen LogP contribution in [0.5, 0.6) is 0 Å². The Labute approximate surface area is 181 Å². The highest BCUT2D eigenvalue weighted by atomic mass is 32.2. The Kier molecular flexibility index (Phi) is 5.39. The summed E-state index contributed by atoms with van der Waals surface area (Å²) in [4.78, 5) is 30.7. The lowest BCUT2D eigenvalue weighted by Crippen LogP contribution is -2.49. The van der Waals surface area contributed by atoms with Gasteiger partial charge >= 0.3 is 8.17 Å². The third kappa shape index (κ3) is 3.81. The summed E-state index contributed by atoms with van der Waals surface area (Å²) in [5.41, 5.74) is 6.12. The zero-order valence-electron chi connectivity index (χ0n) is 16.2. The van der Waals surface area contributed by atoms with E-state index in [0.717, 1.165) is 4.90 Å². The number of benzene rings is 1. The molecule has 2 aromatic rings. The van der Waals surface area contributed by atoms with Gasteiger partial charge in [-0.05, 0) is 24.3 Å². The van der Waals surface area contributed by atoms with Crippen LogP contribution < -0.4 is 16.0 Å². The van der Waals surface area contributed by atoms with Crippen LogP contribution >= 0.6 is 19.9 Å². The summed E-state index contributed by atoms with van der Waals surface area (Å²) >= 11 is 1.39. The minimum atomic E-state index is -3.94. The number of nitrogens with two attached hydrogens (primary N) is 1. The minimum absolute atomic E-state index is 0.0579. The van der Waals surface area contributed by atoms with Crippen LogP contribution in [0.1, 0.15) is 0 Å². The molecule has 14 heteroatoms. The zero-order chi connectivity index (χ0) is 21.8. The van der Waals surface area contributed by atoms with Crippen molar-refractivity contribution in [1.29, 1.82) is 0 Å². The average Bonchev–Trinajstić information content (AvgIpc) is 3.26. The Morgan fingerprint density at radius 3 is 2.84 bits per heavy atom. The predicted molar refractivity (Wildman–Crippen MR) is 110 cm³/mol. The fourth-order valence-electron chi connectivity index (χ4n) is 3.81. The van der Waals surface area contributed by atoms with E-state index in [1.807, 2.05) is 4.90 Å². The van der Waals surface area contributed by atoms with Crippen LogP contribution in [0, 0.1) is 5.82 Å². The number of anilines is 3. The molecule has 0 aliphatic carbocycles. The Hall–Kier alpha value is -1.83. The average molecular weight is 472 g/mol. The van der Waals surface area contributed by atoms with Crippen LogP contribution in [0.15, 0.2) is 35.5 Å². The molecule has 1 aromatic heterocycles. The molecule has 5 atom stereocenters. The Balaban J connectivity index is 1.49. The quantitative estimate of drug-likeness (QED) is 0.476. The summed E-state index contributed by atoms with van der Waals surface area (Å²) in [5, 5.41) is 3.28.